The molecule has 2 N–H and O–H groups in total. The minimum absolute atomic E-state index is 0.214. The summed E-state index contributed by atoms with van der Waals surface area (Å²) in [5.41, 5.74) is 0. The molecule has 0 aliphatic carbocycles. The summed E-state index contributed by atoms with van der Waals surface area (Å²) in [6.07, 6.45) is 3.28. The highest BCUT2D eigenvalue weighted by Gasteiger charge is 2.01. The Morgan fingerprint density at radius 3 is 2.62 bits per heavy atom. The van der Waals surface area contributed by atoms with Crippen molar-refractivity contribution in [3.8, 4) is 0 Å². The summed E-state index contributed by atoms with van der Waals surface area (Å²) in [6, 6.07) is 0.231. The fourth-order valence-electron chi connectivity index (χ4n) is 1.02. The lowest BCUT2D eigenvalue weighted by Gasteiger charge is -2.13. The zero-order chi connectivity index (χ0) is 9.94. The van der Waals surface area contributed by atoms with Crippen LogP contribution in [0.5, 0.6) is 0 Å². The fourth-order valence-corrected chi connectivity index (χ4v) is 1.02. The first-order chi connectivity index (χ1) is 6.35. The summed E-state index contributed by atoms with van der Waals surface area (Å²) in [7, 11) is 0. The van der Waals surface area contributed by atoms with Gasteiger partial charge in [0.1, 0.15) is 0 Å². The van der Waals surface area contributed by atoms with Gasteiger partial charge in [0.25, 0.3) is 0 Å². The maximum absolute atomic E-state index is 8.86. The monoisotopic (exact) mass is 189 g/mol. The van der Waals surface area contributed by atoms with Crippen molar-refractivity contribution in [1.29, 1.82) is 0 Å². The van der Waals surface area contributed by atoms with Crippen LogP contribution in [0.1, 0.15) is 33.1 Å². The molecule has 0 aromatic heterocycles. The molecule has 0 aromatic carbocycles. The fraction of sp³-hybridized carbons (Fsp3) is 1.00. The molecule has 0 saturated carbocycles. The van der Waals surface area contributed by atoms with Crippen molar-refractivity contribution >= 4 is 0 Å². The predicted octanol–water partition coefficient (Wildman–Crippen LogP) is 1.16. The van der Waals surface area contributed by atoms with Crippen LogP contribution in [0.25, 0.3) is 0 Å². The van der Waals surface area contributed by atoms with Crippen molar-refractivity contribution in [2.45, 2.75) is 39.2 Å². The Morgan fingerprint density at radius 1 is 1.31 bits per heavy atom. The van der Waals surface area contributed by atoms with Gasteiger partial charge in [0.05, 0.1) is 13.2 Å². The third-order valence-corrected chi connectivity index (χ3v) is 2.03. The van der Waals surface area contributed by atoms with Crippen molar-refractivity contribution < 1.29 is 9.84 Å². The Bertz CT molecular complexity index is 94.9. The predicted molar refractivity (Wildman–Crippen MR) is 54.9 cm³/mol. The lowest BCUT2D eigenvalue weighted by Crippen LogP contribution is -2.34. The molecule has 0 fully saturated rings. The minimum atomic E-state index is 0.214. The van der Waals surface area contributed by atoms with E-state index in [1.165, 1.54) is 6.42 Å². The van der Waals surface area contributed by atoms with E-state index in [9.17, 15) is 0 Å². The molecule has 3 nitrogen and oxygen atoms in total. The van der Waals surface area contributed by atoms with E-state index in [0.29, 0.717) is 0 Å². The summed E-state index contributed by atoms with van der Waals surface area (Å²) in [4.78, 5) is 0. The lowest BCUT2D eigenvalue weighted by atomic mass is 10.2. The van der Waals surface area contributed by atoms with Gasteiger partial charge in [-0.1, -0.05) is 20.3 Å². The van der Waals surface area contributed by atoms with E-state index < -0.39 is 0 Å². The molecular weight excluding hydrogens is 166 g/mol. The third-order valence-electron chi connectivity index (χ3n) is 2.03. The zero-order valence-electron chi connectivity index (χ0n) is 8.88. The highest BCUT2D eigenvalue weighted by molar-refractivity contribution is 4.61. The Kier molecular flexibility index (Phi) is 9.87. The van der Waals surface area contributed by atoms with Gasteiger partial charge in [-0.05, 0) is 12.8 Å². The van der Waals surface area contributed by atoms with E-state index in [0.717, 1.165) is 32.6 Å². The van der Waals surface area contributed by atoms with Gasteiger partial charge in [-0.2, -0.15) is 0 Å². The number of ether oxygens (including phenoxy) is 1. The highest BCUT2D eigenvalue weighted by Crippen LogP contribution is 1.89. The van der Waals surface area contributed by atoms with Crippen molar-refractivity contribution in [3.63, 3.8) is 0 Å². The van der Waals surface area contributed by atoms with E-state index in [1.54, 1.807) is 0 Å². The molecule has 0 amide bonds. The average Bonchev–Trinajstić information content (AvgIpc) is 2.17. The molecule has 0 heterocycles. The summed E-state index contributed by atoms with van der Waals surface area (Å²) in [5.74, 6) is 0. The van der Waals surface area contributed by atoms with Gasteiger partial charge in [0.2, 0.25) is 0 Å². The van der Waals surface area contributed by atoms with Crippen LogP contribution in [-0.2, 0) is 4.74 Å². The molecule has 1 atom stereocenters. The van der Waals surface area contributed by atoms with Crippen LogP contribution >= 0.6 is 0 Å². The van der Waals surface area contributed by atoms with Gasteiger partial charge in [-0.25, -0.2) is 0 Å². The Morgan fingerprint density at radius 2 is 2.08 bits per heavy atom. The van der Waals surface area contributed by atoms with Crippen LogP contribution in [0.3, 0.4) is 0 Å². The SMILES string of the molecule is CCCCOCCNC(CC)CO. The van der Waals surface area contributed by atoms with Crippen LogP contribution in [0.4, 0.5) is 0 Å². The first-order valence-corrected chi connectivity index (χ1v) is 5.27. The van der Waals surface area contributed by atoms with Gasteiger partial charge in [-0.15, -0.1) is 0 Å². The molecule has 0 bridgehead atoms. The molecule has 0 rings (SSSR count). The Hall–Kier alpha value is -0.120. The van der Waals surface area contributed by atoms with Crippen LogP contribution < -0.4 is 5.32 Å². The standard InChI is InChI=1S/C10H23NO2/c1-3-5-7-13-8-6-11-10(4-2)9-12/h10-12H,3-9H2,1-2H3. The van der Waals surface area contributed by atoms with E-state index in [-0.39, 0.29) is 12.6 Å². The van der Waals surface area contributed by atoms with Crippen LogP contribution in [0, 0.1) is 0 Å². The molecule has 3 heteroatoms. The molecule has 0 aromatic rings. The maximum Gasteiger partial charge on any atom is 0.0591 e. The first kappa shape index (κ1) is 12.9. The van der Waals surface area contributed by atoms with Gasteiger partial charge in [-0.3, -0.25) is 0 Å². The number of nitrogens with one attached hydrogen (secondary N) is 1. The average molecular weight is 189 g/mol. The van der Waals surface area contributed by atoms with Gasteiger partial charge >= 0.3 is 0 Å². The summed E-state index contributed by atoms with van der Waals surface area (Å²) >= 11 is 0. The topological polar surface area (TPSA) is 41.5 Å². The molecule has 0 spiro atoms. The quantitative estimate of drug-likeness (QED) is 0.535. The second-order valence-corrected chi connectivity index (χ2v) is 3.21. The van der Waals surface area contributed by atoms with E-state index in [1.807, 2.05) is 0 Å². The van der Waals surface area contributed by atoms with Crippen LogP contribution in [0.2, 0.25) is 0 Å². The third kappa shape index (κ3) is 8.22. The summed E-state index contributed by atoms with van der Waals surface area (Å²) in [5, 5.41) is 12.1. The first-order valence-electron chi connectivity index (χ1n) is 5.27. The maximum atomic E-state index is 8.86. The van der Waals surface area contributed by atoms with Gasteiger partial charge in [0, 0.05) is 19.2 Å². The Labute approximate surface area is 81.5 Å². The van der Waals surface area contributed by atoms with Gasteiger partial charge in [0.15, 0.2) is 0 Å². The van der Waals surface area contributed by atoms with Crippen molar-refractivity contribution in [2.24, 2.45) is 0 Å². The van der Waals surface area contributed by atoms with Gasteiger partial charge < -0.3 is 15.2 Å². The van der Waals surface area contributed by atoms with Crippen molar-refractivity contribution in [3.05, 3.63) is 0 Å². The molecule has 0 aliphatic heterocycles. The lowest BCUT2D eigenvalue weighted by molar-refractivity contribution is 0.127. The molecule has 0 saturated heterocycles. The van der Waals surface area contributed by atoms with E-state index in [2.05, 4.69) is 19.2 Å². The number of hydrogen-bond acceptors (Lipinski definition) is 3. The number of rotatable bonds is 9. The smallest absolute Gasteiger partial charge is 0.0591 e. The molecule has 0 radical (unpaired) electrons. The number of hydrogen-bond donors (Lipinski definition) is 2. The van der Waals surface area contributed by atoms with E-state index in [4.69, 9.17) is 9.84 Å². The number of aliphatic hydroxyl groups excluding tert-OH is 1. The summed E-state index contributed by atoms with van der Waals surface area (Å²) < 4.78 is 5.37. The Balaban J connectivity index is 3.05. The van der Waals surface area contributed by atoms with Crippen molar-refractivity contribution in [1.82, 2.24) is 5.32 Å². The van der Waals surface area contributed by atoms with Crippen LogP contribution in [0.15, 0.2) is 0 Å². The molecule has 1 unspecified atom stereocenters. The highest BCUT2D eigenvalue weighted by atomic mass is 16.5. The van der Waals surface area contributed by atoms with E-state index >= 15 is 0 Å². The largest absolute Gasteiger partial charge is 0.395 e. The normalized spacial score (nSPS) is 13.2. The summed E-state index contributed by atoms with van der Waals surface area (Å²) in [6.45, 7) is 6.87. The van der Waals surface area contributed by atoms with Crippen molar-refractivity contribution in [2.75, 3.05) is 26.4 Å². The molecule has 80 valence electrons. The van der Waals surface area contributed by atoms with Crippen LogP contribution in [-0.4, -0.2) is 37.5 Å². The zero-order valence-corrected chi connectivity index (χ0v) is 8.88. The second kappa shape index (κ2) is 9.96. The second-order valence-electron chi connectivity index (χ2n) is 3.21. The minimum Gasteiger partial charge on any atom is -0.395 e. The molecular formula is C10H23NO2. The number of unbranched alkanes of at least 4 members (excludes halogenated alkanes) is 1. The number of aliphatic hydroxyl groups is 1. The molecule has 13 heavy (non-hydrogen) atoms. The molecule has 0 aliphatic rings.